The predicted molar refractivity (Wildman–Crippen MR) is 92.1 cm³/mol. The minimum atomic E-state index is 0.884. The molecule has 21 heavy (non-hydrogen) atoms. The molecule has 2 aromatic rings. The molecule has 0 saturated carbocycles. The zero-order valence-electron chi connectivity index (χ0n) is 12.2. The number of nitrogens with zero attached hydrogens (tertiary/aromatic N) is 2. The smallest absolute Gasteiger partial charge is 0.187 e. The Bertz CT molecular complexity index is 700. The van der Waals surface area contributed by atoms with Crippen LogP contribution in [0.3, 0.4) is 0 Å². The van der Waals surface area contributed by atoms with Crippen LogP contribution in [0.1, 0.15) is 17.7 Å². The average molecular weight is 298 g/mol. The SMILES string of the molecule is CNc1ccc(C)c(Nc2nc(C3=CCCN=C3)cs2)c1. The van der Waals surface area contributed by atoms with E-state index < -0.39 is 0 Å². The Kier molecular flexibility index (Phi) is 4.01. The molecule has 0 bridgehead atoms. The van der Waals surface area contributed by atoms with E-state index in [0.29, 0.717) is 0 Å². The van der Waals surface area contributed by atoms with Crippen LogP contribution >= 0.6 is 11.3 Å². The number of dihydropyridines is 1. The first-order chi connectivity index (χ1) is 10.3. The Morgan fingerprint density at radius 1 is 1.29 bits per heavy atom. The van der Waals surface area contributed by atoms with E-state index in [4.69, 9.17) is 0 Å². The summed E-state index contributed by atoms with van der Waals surface area (Å²) in [7, 11) is 1.92. The van der Waals surface area contributed by atoms with E-state index in [1.165, 1.54) is 5.56 Å². The van der Waals surface area contributed by atoms with E-state index in [0.717, 1.165) is 40.7 Å². The van der Waals surface area contributed by atoms with E-state index in [1.807, 2.05) is 13.3 Å². The summed E-state index contributed by atoms with van der Waals surface area (Å²) in [4.78, 5) is 8.96. The van der Waals surface area contributed by atoms with E-state index in [-0.39, 0.29) is 0 Å². The van der Waals surface area contributed by atoms with Gasteiger partial charge in [0.1, 0.15) is 0 Å². The first-order valence-corrected chi connectivity index (χ1v) is 7.85. The van der Waals surface area contributed by atoms with Gasteiger partial charge in [-0.2, -0.15) is 0 Å². The summed E-state index contributed by atoms with van der Waals surface area (Å²) in [5.74, 6) is 0. The summed E-state index contributed by atoms with van der Waals surface area (Å²) in [5, 5.41) is 9.53. The van der Waals surface area contributed by atoms with Crippen LogP contribution in [0.4, 0.5) is 16.5 Å². The molecular weight excluding hydrogens is 280 g/mol. The van der Waals surface area contributed by atoms with Gasteiger partial charge in [-0.1, -0.05) is 12.1 Å². The van der Waals surface area contributed by atoms with Gasteiger partial charge in [0.2, 0.25) is 0 Å². The number of thiazole rings is 1. The Morgan fingerprint density at radius 2 is 2.19 bits per heavy atom. The fourth-order valence-electron chi connectivity index (χ4n) is 2.17. The fourth-order valence-corrected chi connectivity index (χ4v) is 2.90. The van der Waals surface area contributed by atoms with Gasteiger partial charge in [0, 0.05) is 42.1 Å². The van der Waals surface area contributed by atoms with Crippen LogP contribution in [0.25, 0.3) is 5.57 Å². The monoisotopic (exact) mass is 298 g/mol. The summed E-state index contributed by atoms with van der Waals surface area (Å²) in [5.41, 5.74) is 5.47. The lowest BCUT2D eigenvalue weighted by Gasteiger charge is -2.09. The van der Waals surface area contributed by atoms with E-state index in [1.54, 1.807) is 11.3 Å². The third-order valence-corrected chi connectivity index (χ3v) is 4.18. The topological polar surface area (TPSA) is 49.3 Å². The molecule has 1 aromatic carbocycles. The summed E-state index contributed by atoms with van der Waals surface area (Å²) >= 11 is 1.62. The molecule has 108 valence electrons. The minimum Gasteiger partial charge on any atom is -0.388 e. The van der Waals surface area contributed by atoms with Crippen LogP contribution < -0.4 is 10.6 Å². The molecule has 0 spiro atoms. The maximum atomic E-state index is 4.65. The minimum absolute atomic E-state index is 0.884. The zero-order chi connectivity index (χ0) is 14.7. The molecule has 1 aliphatic rings. The molecule has 0 radical (unpaired) electrons. The molecule has 4 nitrogen and oxygen atoms in total. The van der Waals surface area contributed by atoms with E-state index in [2.05, 4.69) is 57.2 Å². The Morgan fingerprint density at radius 3 is 2.95 bits per heavy atom. The summed E-state index contributed by atoms with van der Waals surface area (Å²) in [6, 6.07) is 6.26. The lowest BCUT2D eigenvalue weighted by molar-refractivity contribution is 1.00. The molecule has 2 heterocycles. The van der Waals surface area contributed by atoms with Crippen molar-refractivity contribution in [1.82, 2.24) is 4.98 Å². The second-order valence-electron chi connectivity index (χ2n) is 4.93. The van der Waals surface area contributed by atoms with Crippen molar-refractivity contribution in [2.45, 2.75) is 13.3 Å². The van der Waals surface area contributed by atoms with Gasteiger partial charge in [0.15, 0.2) is 5.13 Å². The Balaban J connectivity index is 1.81. The zero-order valence-corrected chi connectivity index (χ0v) is 13.0. The molecule has 0 aliphatic carbocycles. The number of hydrogen-bond donors (Lipinski definition) is 2. The van der Waals surface area contributed by atoms with Crippen LogP contribution in [0, 0.1) is 6.92 Å². The van der Waals surface area contributed by atoms with Crippen molar-refractivity contribution in [3.8, 4) is 0 Å². The van der Waals surface area contributed by atoms with Crippen molar-refractivity contribution < 1.29 is 0 Å². The van der Waals surface area contributed by atoms with Gasteiger partial charge >= 0.3 is 0 Å². The molecule has 0 unspecified atom stereocenters. The number of allylic oxidation sites excluding steroid dienone is 1. The largest absolute Gasteiger partial charge is 0.388 e. The van der Waals surface area contributed by atoms with Crippen LogP contribution in [0.2, 0.25) is 0 Å². The molecule has 0 atom stereocenters. The Labute approximate surface area is 128 Å². The molecule has 1 aliphatic heterocycles. The number of nitrogens with one attached hydrogen (secondary N) is 2. The van der Waals surface area contributed by atoms with Crippen LogP contribution in [0.15, 0.2) is 34.6 Å². The first kappa shape index (κ1) is 13.8. The Hall–Kier alpha value is -2.14. The van der Waals surface area contributed by atoms with Crippen LogP contribution in [0.5, 0.6) is 0 Å². The van der Waals surface area contributed by atoms with Gasteiger partial charge < -0.3 is 10.6 Å². The van der Waals surface area contributed by atoms with Gasteiger partial charge in [-0.3, -0.25) is 4.99 Å². The highest BCUT2D eigenvalue weighted by Crippen LogP contribution is 2.28. The lowest BCUT2D eigenvalue weighted by atomic mass is 10.1. The highest BCUT2D eigenvalue weighted by Gasteiger charge is 2.08. The van der Waals surface area contributed by atoms with Crippen molar-refractivity contribution in [3.05, 3.63) is 40.9 Å². The van der Waals surface area contributed by atoms with Crippen LogP contribution in [-0.4, -0.2) is 24.8 Å². The molecule has 0 saturated heterocycles. The second-order valence-corrected chi connectivity index (χ2v) is 5.78. The number of aromatic nitrogens is 1. The van der Waals surface area contributed by atoms with Crippen molar-refractivity contribution >= 4 is 39.6 Å². The van der Waals surface area contributed by atoms with Crippen molar-refractivity contribution in [2.75, 3.05) is 24.2 Å². The molecule has 3 rings (SSSR count). The number of anilines is 3. The van der Waals surface area contributed by atoms with Crippen molar-refractivity contribution in [1.29, 1.82) is 0 Å². The molecule has 2 N–H and O–H groups in total. The molecular formula is C16H18N4S. The highest BCUT2D eigenvalue weighted by atomic mass is 32.1. The standard InChI is InChI=1S/C16H18N4S/c1-11-5-6-13(17-2)8-14(11)19-16-20-15(10-21-16)12-4-3-7-18-9-12/h4-6,8-10,17H,3,7H2,1-2H3,(H,19,20). The van der Waals surface area contributed by atoms with Gasteiger partial charge in [0.25, 0.3) is 0 Å². The van der Waals surface area contributed by atoms with Crippen molar-refractivity contribution in [2.24, 2.45) is 4.99 Å². The predicted octanol–water partition coefficient (Wildman–Crippen LogP) is 4.09. The van der Waals surface area contributed by atoms with Gasteiger partial charge in [0.05, 0.1) is 5.69 Å². The second kappa shape index (κ2) is 6.10. The van der Waals surface area contributed by atoms with Gasteiger partial charge in [-0.25, -0.2) is 4.98 Å². The molecule has 0 amide bonds. The number of aryl methyl sites for hydroxylation is 1. The number of hydrogen-bond acceptors (Lipinski definition) is 5. The van der Waals surface area contributed by atoms with Gasteiger partial charge in [-0.05, 0) is 31.0 Å². The van der Waals surface area contributed by atoms with Crippen molar-refractivity contribution in [3.63, 3.8) is 0 Å². The third kappa shape index (κ3) is 3.13. The third-order valence-electron chi connectivity index (χ3n) is 3.42. The van der Waals surface area contributed by atoms with Crippen LogP contribution in [-0.2, 0) is 0 Å². The van der Waals surface area contributed by atoms with E-state index >= 15 is 0 Å². The lowest BCUT2D eigenvalue weighted by Crippen LogP contribution is -1.97. The fraction of sp³-hybridized carbons (Fsp3) is 0.250. The average Bonchev–Trinajstić information content (AvgIpc) is 2.99. The normalized spacial score (nSPS) is 13.9. The summed E-state index contributed by atoms with van der Waals surface area (Å²) in [6.45, 7) is 2.97. The maximum absolute atomic E-state index is 4.65. The molecule has 0 fully saturated rings. The first-order valence-electron chi connectivity index (χ1n) is 6.97. The van der Waals surface area contributed by atoms with E-state index in [9.17, 15) is 0 Å². The number of aliphatic imine (C=N–C) groups is 1. The van der Waals surface area contributed by atoms with Gasteiger partial charge in [-0.15, -0.1) is 11.3 Å². The number of rotatable bonds is 4. The molecule has 1 aromatic heterocycles. The summed E-state index contributed by atoms with van der Waals surface area (Å²) in [6.07, 6.45) is 5.10. The highest BCUT2D eigenvalue weighted by molar-refractivity contribution is 7.13. The quantitative estimate of drug-likeness (QED) is 0.893. The molecule has 5 heteroatoms. The summed E-state index contributed by atoms with van der Waals surface area (Å²) < 4.78 is 0. The maximum Gasteiger partial charge on any atom is 0.187 e. The number of benzene rings is 1.